The van der Waals surface area contributed by atoms with Crippen LogP contribution < -0.4 is 14.8 Å². The third-order valence-corrected chi connectivity index (χ3v) is 5.08. The molecule has 0 saturated carbocycles. The number of hydrogen-bond donors (Lipinski definition) is 1. The first-order valence-corrected chi connectivity index (χ1v) is 9.18. The molecule has 0 radical (unpaired) electrons. The Labute approximate surface area is 164 Å². The predicted molar refractivity (Wildman–Crippen MR) is 108 cm³/mol. The molecule has 6 nitrogen and oxygen atoms in total. The van der Waals surface area contributed by atoms with Crippen LogP contribution in [0.5, 0.6) is 11.5 Å². The summed E-state index contributed by atoms with van der Waals surface area (Å²) in [6.07, 6.45) is 2.16. The normalized spacial score (nSPS) is 15.7. The van der Waals surface area contributed by atoms with Crippen LogP contribution in [0.2, 0.25) is 0 Å². The van der Waals surface area contributed by atoms with Crippen molar-refractivity contribution in [2.75, 3.05) is 19.5 Å². The Kier molecular flexibility index (Phi) is 4.55. The summed E-state index contributed by atoms with van der Waals surface area (Å²) in [5.74, 6) is 1.95. The highest BCUT2D eigenvalue weighted by Crippen LogP contribution is 2.42. The number of aromatic nitrogens is 2. The molecule has 1 atom stereocenters. The third-order valence-electron chi connectivity index (χ3n) is 5.08. The standard InChI is InChI=1S/C22H23N3O3/c1-13-7-14(2)9-15(8-13)25-22-19(12-23-25)17(11-21(26)24-22)18-10-16(27-3)5-6-20(18)28-4/h5-10,12,17H,11H2,1-4H3,(H,24,26). The average Bonchev–Trinajstić information content (AvgIpc) is 3.09. The molecular weight excluding hydrogens is 354 g/mol. The van der Waals surface area contributed by atoms with Gasteiger partial charge in [-0.2, -0.15) is 5.10 Å². The van der Waals surface area contributed by atoms with Crippen LogP contribution >= 0.6 is 0 Å². The van der Waals surface area contributed by atoms with E-state index < -0.39 is 0 Å². The molecule has 1 amide bonds. The SMILES string of the molecule is COc1ccc(OC)c(C2CC(=O)Nc3c2cnn3-c2cc(C)cc(C)c2)c1. The van der Waals surface area contributed by atoms with Gasteiger partial charge in [-0.05, 0) is 55.3 Å². The van der Waals surface area contributed by atoms with Crippen molar-refractivity contribution in [1.29, 1.82) is 0 Å². The molecule has 1 unspecified atom stereocenters. The van der Waals surface area contributed by atoms with Crippen molar-refractivity contribution in [3.63, 3.8) is 0 Å². The van der Waals surface area contributed by atoms with Gasteiger partial charge >= 0.3 is 0 Å². The first kappa shape index (κ1) is 18.1. The molecule has 1 N–H and O–H groups in total. The molecule has 3 aromatic rings. The lowest BCUT2D eigenvalue weighted by molar-refractivity contribution is -0.116. The molecule has 28 heavy (non-hydrogen) atoms. The van der Waals surface area contributed by atoms with Crippen molar-refractivity contribution in [2.45, 2.75) is 26.2 Å². The molecule has 0 bridgehead atoms. The fourth-order valence-corrected chi connectivity index (χ4v) is 3.88. The zero-order valence-corrected chi connectivity index (χ0v) is 16.4. The number of carbonyl (C=O) groups is 1. The largest absolute Gasteiger partial charge is 0.497 e. The number of nitrogens with zero attached hydrogens (tertiary/aromatic N) is 2. The molecule has 2 heterocycles. The highest BCUT2D eigenvalue weighted by molar-refractivity contribution is 5.94. The maximum absolute atomic E-state index is 12.6. The number of amides is 1. The number of anilines is 1. The van der Waals surface area contributed by atoms with Crippen molar-refractivity contribution in [3.8, 4) is 17.2 Å². The molecule has 0 saturated heterocycles. The van der Waals surface area contributed by atoms with Gasteiger partial charge in [0.05, 0.1) is 26.1 Å². The van der Waals surface area contributed by atoms with E-state index in [0.717, 1.165) is 39.4 Å². The van der Waals surface area contributed by atoms with E-state index in [0.29, 0.717) is 12.2 Å². The fraction of sp³-hybridized carbons (Fsp3) is 0.273. The quantitative estimate of drug-likeness (QED) is 0.747. The molecule has 1 aliphatic rings. The summed E-state index contributed by atoms with van der Waals surface area (Å²) >= 11 is 0. The molecule has 1 aromatic heterocycles. The number of rotatable bonds is 4. The van der Waals surface area contributed by atoms with Crippen molar-refractivity contribution in [1.82, 2.24) is 9.78 Å². The lowest BCUT2D eigenvalue weighted by Crippen LogP contribution is -2.25. The van der Waals surface area contributed by atoms with Crippen LogP contribution in [0.25, 0.3) is 5.69 Å². The minimum absolute atomic E-state index is 0.0477. The van der Waals surface area contributed by atoms with Crippen LogP contribution in [-0.2, 0) is 4.79 Å². The second-order valence-electron chi connectivity index (χ2n) is 7.12. The number of carbonyl (C=O) groups excluding carboxylic acids is 1. The van der Waals surface area contributed by atoms with Crippen LogP contribution in [0.4, 0.5) is 5.82 Å². The van der Waals surface area contributed by atoms with Gasteiger partial charge in [0.1, 0.15) is 17.3 Å². The molecule has 0 aliphatic carbocycles. The summed E-state index contributed by atoms with van der Waals surface area (Å²) in [6.45, 7) is 4.10. The van der Waals surface area contributed by atoms with E-state index in [4.69, 9.17) is 9.47 Å². The number of ether oxygens (including phenoxy) is 2. The summed E-state index contributed by atoms with van der Waals surface area (Å²) in [5.41, 5.74) is 5.10. The first-order valence-electron chi connectivity index (χ1n) is 9.18. The van der Waals surface area contributed by atoms with Crippen molar-refractivity contribution < 1.29 is 14.3 Å². The first-order chi connectivity index (χ1) is 13.5. The van der Waals surface area contributed by atoms with Gasteiger partial charge in [-0.3, -0.25) is 4.79 Å². The summed E-state index contributed by atoms with van der Waals surface area (Å²) in [4.78, 5) is 12.6. The highest BCUT2D eigenvalue weighted by Gasteiger charge is 2.32. The zero-order chi connectivity index (χ0) is 19.8. The Morgan fingerprint density at radius 3 is 2.46 bits per heavy atom. The molecule has 4 rings (SSSR count). The monoisotopic (exact) mass is 377 g/mol. The summed E-state index contributed by atoms with van der Waals surface area (Å²) in [7, 11) is 3.26. The molecule has 1 aliphatic heterocycles. The van der Waals surface area contributed by atoms with Crippen molar-refractivity contribution >= 4 is 11.7 Å². The smallest absolute Gasteiger partial charge is 0.226 e. The fourth-order valence-electron chi connectivity index (χ4n) is 3.88. The van der Waals surface area contributed by atoms with Crippen molar-refractivity contribution in [3.05, 3.63) is 64.8 Å². The van der Waals surface area contributed by atoms with E-state index in [9.17, 15) is 4.79 Å². The number of nitrogens with one attached hydrogen (secondary N) is 1. The Morgan fingerprint density at radius 1 is 1.04 bits per heavy atom. The Hall–Kier alpha value is -3.28. The zero-order valence-electron chi connectivity index (χ0n) is 16.4. The Morgan fingerprint density at radius 2 is 1.79 bits per heavy atom. The van der Waals surface area contributed by atoms with Gasteiger partial charge in [0.2, 0.25) is 5.91 Å². The third kappa shape index (κ3) is 3.11. The Bertz CT molecular complexity index is 1030. The van der Waals surface area contributed by atoms with Crippen LogP contribution in [0, 0.1) is 13.8 Å². The van der Waals surface area contributed by atoms with Gasteiger partial charge in [-0.1, -0.05) is 6.07 Å². The van der Waals surface area contributed by atoms with Crippen LogP contribution in [0.1, 0.15) is 34.6 Å². The summed E-state index contributed by atoms with van der Waals surface area (Å²) < 4.78 is 12.7. The van der Waals surface area contributed by atoms with Gasteiger partial charge in [0.15, 0.2) is 0 Å². The molecule has 0 fully saturated rings. The van der Waals surface area contributed by atoms with Gasteiger partial charge in [-0.15, -0.1) is 0 Å². The van der Waals surface area contributed by atoms with Gasteiger partial charge < -0.3 is 14.8 Å². The number of methoxy groups -OCH3 is 2. The number of hydrogen-bond acceptors (Lipinski definition) is 4. The highest BCUT2D eigenvalue weighted by atomic mass is 16.5. The van der Waals surface area contributed by atoms with E-state index in [1.807, 2.05) is 24.4 Å². The van der Waals surface area contributed by atoms with Gasteiger partial charge in [-0.25, -0.2) is 4.68 Å². The van der Waals surface area contributed by atoms with Crippen LogP contribution in [-0.4, -0.2) is 29.9 Å². The maximum atomic E-state index is 12.6. The molecular formula is C22H23N3O3. The number of aryl methyl sites for hydroxylation is 2. The lowest BCUT2D eigenvalue weighted by Gasteiger charge is -2.25. The predicted octanol–water partition coefficient (Wildman–Crippen LogP) is 3.98. The van der Waals surface area contributed by atoms with E-state index >= 15 is 0 Å². The molecule has 144 valence electrons. The number of fused-ring (bicyclic) bond motifs is 1. The lowest BCUT2D eigenvalue weighted by atomic mass is 9.86. The molecule has 6 heteroatoms. The van der Waals surface area contributed by atoms with Crippen LogP contribution in [0.3, 0.4) is 0 Å². The van der Waals surface area contributed by atoms with E-state index in [-0.39, 0.29) is 11.8 Å². The summed E-state index contributed by atoms with van der Waals surface area (Å²) in [5, 5.41) is 7.59. The van der Waals surface area contributed by atoms with E-state index in [2.05, 4.69) is 42.5 Å². The minimum atomic E-state index is -0.159. The second-order valence-corrected chi connectivity index (χ2v) is 7.12. The number of benzene rings is 2. The maximum Gasteiger partial charge on any atom is 0.226 e. The minimum Gasteiger partial charge on any atom is -0.497 e. The van der Waals surface area contributed by atoms with Gasteiger partial charge in [0, 0.05) is 23.5 Å². The van der Waals surface area contributed by atoms with Crippen molar-refractivity contribution in [2.24, 2.45) is 0 Å². The topological polar surface area (TPSA) is 65.4 Å². The second kappa shape index (κ2) is 7.03. The molecule has 2 aromatic carbocycles. The Balaban J connectivity index is 1.86. The summed E-state index contributed by atoms with van der Waals surface area (Å²) in [6, 6.07) is 11.9. The van der Waals surface area contributed by atoms with Crippen LogP contribution in [0.15, 0.2) is 42.6 Å². The van der Waals surface area contributed by atoms with Gasteiger partial charge in [0.25, 0.3) is 0 Å². The average molecular weight is 377 g/mol. The molecule has 0 spiro atoms. The van der Waals surface area contributed by atoms with E-state index in [1.54, 1.807) is 18.9 Å². The van der Waals surface area contributed by atoms with E-state index in [1.165, 1.54) is 0 Å².